The largest absolute Gasteiger partial charge is 0.351 e. The van der Waals surface area contributed by atoms with Crippen LogP contribution in [-0.2, 0) is 11.2 Å². The van der Waals surface area contributed by atoms with Gasteiger partial charge in [-0.1, -0.05) is 49.4 Å². The molecule has 1 aliphatic rings. The van der Waals surface area contributed by atoms with Crippen molar-refractivity contribution < 1.29 is 4.79 Å². The molecule has 0 saturated carbocycles. The van der Waals surface area contributed by atoms with Crippen LogP contribution in [0.25, 0.3) is 10.8 Å². The summed E-state index contributed by atoms with van der Waals surface area (Å²) in [6.07, 6.45) is 1.56. The van der Waals surface area contributed by atoms with E-state index < -0.39 is 0 Å². The van der Waals surface area contributed by atoms with E-state index in [2.05, 4.69) is 48.7 Å². The second-order valence-corrected chi connectivity index (χ2v) is 6.46. The molecule has 0 bridgehead atoms. The molecule has 0 spiro atoms. The Morgan fingerprint density at radius 2 is 1.91 bits per heavy atom. The van der Waals surface area contributed by atoms with Crippen molar-refractivity contribution in [2.45, 2.75) is 38.8 Å². The van der Waals surface area contributed by atoms with Crippen molar-refractivity contribution in [1.29, 1.82) is 0 Å². The highest BCUT2D eigenvalue weighted by Gasteiger charge is 2.28. The predicted molar refractivity (Wildman–Crippen MR) is 98.1 cm³/mol. The Bertz CT molecular complexity index is 663. The van der Waals surface area contributed by atoms with Gasteiger partial charge in [-0.2, -0.15) is 0 Å². The summed E-state index contributed by atoms with van der Waals surface area (Å²) >= 11 is 0. The first-order chi connectivity index (χ1) is 10.6. The van der Waals surface area contributed by atoms with E-state index in [0.29, 0.717) is 18.4 Å². The Balaban J connectivity index is 0.00000192. The molecule has 1 amide bonds. The van der Waals surface area contributed by atoms with Crippen LogP contribution < -0.4 is 10.6 Å². The standard InChI is InChI=1S/C19H24N2O.ClH/c1-13-9-10-20-14(2)19(13)21-18(22)12-15-7-8-16-5-3-4-6-17(16)11-15;/h3-8,11,13-14,19-20H,9-10,12H2,1-2H3,(H,21,22);1H. The first kappa shape index (κ1) is 17.8. The topological polar surface area (TPSA) is 41.1 Å². The molecule has 0 radical (unpaired) electrons. The van der Waals surface area contributed by atoms with Gasteiger partial charge in [0, 0.05) is 12.1 Å². The Morgan fingerprint density at radius 1 is 1.17 bits per heavy atom. The van der Waals surface area contributed by atoms with E-state index in [1.165, 1.54) is 10.8 Å². The van der Waals surface area contributed by atoms with Crippen LogP contribution in [0.2, 0.25) is 0 Å². The van der Waals surface area contributed by atoms with Gasteiger partial charge >= 0.3 is 0 Å². The van der Waals surface area contributed by atoms with Gasteiger partial charge in [0.2, 0.25) is 5.91 Å². The van der Waals surface area contributed by atoms with E-state index in [-0.39, 0.29) is 24.4 Å². The molecule has 1 aliphatic heterocycles. The van der Waals surface area contributed by atoms with Gasteiger partial charge in [0.1, 0.15) is 0 Å². The normalized spacial score (nSPS) is 24.0. The molecule has 0 aromatic heterocycles. The second kappa shape index (κ2) is 7.80. The molecule has 2 aromatic rings. The zero-order valence-corrected chi connectivity index (χ0v) is 14.5. The van der Waals surface area contributed by atoms with Crippen molar-refractivity contribution in [3.8, 4) is 0 Å². The third kappa shape index (κ3) is 4.24. The van der Waals surface area contributed by atoms with Crippen LogP contribution in [0.3, 0.4) is 0 Å². The number of rotatable bonds is 3. The van der Waals surface area contributed by atoms with Gasteiger partial charge in [-0.05, 0) is 42.1 Å². The molecular formula is C19H25ClN2O. The minimum absolute atomic E-state index is 0. The van der Waals surface area contributed by atoms with Gasteiger partial charge in [-0.3, -0.25) is 4.79 Å². The van der Waals surface area contributed by atoms with Gasteiger partial charge in [0.25, 0.3) is 0 Å². The average molecular weight is 333 g/mol. The Morgan fingerprint density at radius 3 is 2.65 bits per heavy atom. The lowest BCUT2D eigenvalue weighted by Gasteiger charge is -2.36. The quantitative estimate of drug-likeness (QED) is 0.905. The molecule has 2 N–H and O–H groups in total. The molecule has 124 valence electrons. The summed E-state index contributed by atoms with van der Waals surface area (Å²) in [4.78, 5) is 12.4. The van der Waals surface area contributed by atoms with Gasteiger partial charge < -0.3 is 10.6 Å². The van der Waals surface area contributed by atoms with Crippen LogP contribution in [0, 0.1) is 5.92 Å². The summed E-state index contributed by atoms with van der Waals surface area (Å²) < 4.78 is 0. The smallest absolute Gasteiger partial charge is 0.224 e. The maximum Gasteiger partial charge on any atom is 0.224 e. The number of halogens is 1. The van der Waals surface area contributed by atoms with Crippen LogP contribution in [0.1, 0.15) is 25.8 Å². The number of carbonyl (C=O) groups is 1. The number of hydrogen-bond acceptors (Lipinski definition) is 2. The van der Waals surface area contributed by atoms with Crippen LogP contribution >= 0.6 is 12.4 Å². The van der Waals surface area contributed by atoms with Gasteiger partial charge in [0.05, 0.1) is 6.42 Å². The van der Waals surface area contributed by atoms with Crippen molar-refractivity contribution in [2.24, 2.45) is 5.92 Å². The summed E-state index contributed by atoms with van der Waals surface area (Å²) in [5, 5.41) is 9.06. The second-order valence-electron chi connectivity index (χ2n) is 6.46. The summed E-state index contributed by atoms with van der Waals surface area (Å²) in [5.74, 6) is 0.638. The molecule has 1 saturated heterocycles. The molecule has 3 nitrogen and oxygen atoms in total. The maximum atomic E-state index is 12.4. The number of nitrogens with one attached hydrogen (secondary N) is 2. The molecule has 1 heterocycles. The van der Waals surface area contributed by atoms with Crippen molar-refractivity contribution in [2.75, 3.05) is 6.54 Å². The van der Waals surface area contributed by atoms with Crippen molar-refractivity contribution in [3.05, 3.63) is 48.0 Å². The number of amides is 1. The molecule has 3 rings (SSSR count). The number of hydrogen-bond donors (Lipinski definition) is 2. The van der Waals surface area contributed by atoms with Crippen LogP contribution in [0.5, 0.6) is 0 Å². The number of carbonyl (C=O) groups excluding carboxylic acids is 1. The van der Waals surface area contributed by atoms with E-state index in [4.69, 9.17) is 0 Å². The summed E-state index contributed by atoms with van der Waals surface area (Å²) in [6.45, 7) is 5.41. The fraction of sp³-hybridized carbons (Fsp3) is 0.421. The zero-order valence-electron chi connectivity index (χ0n) is 13.7. The highest BCUT2D eigenvalue weighted by molar-refractivity contribution is 5.86. The molecule has 4 heteroatoms. The molecule has 3 atom stereocenters. The third-order valence-corrected chi connectivity index (χ3v) is 4.72. The number of piperidine rings is 1. The first-order valence-corrected chi connectivity index (χ1v) is 8.14. The fourth-order valence-electron chi connectivity index (χ4n) is 3.38. The number of benzene rings is 2. The fourth-order valence-corrected chi connectivity index (χ4v) is 3.38. The first-order valence-electron chi connectivity index (χ1n) is 8.14. The third-order valence-electron chi connectivity index (χ3n) is 4.72. The molecule has 0 aliphatic carbocycles. The molecule has 3 unspecified atom stereocenters. The average Bonchev–Trinajstić information content (AvgIpc) is 2.51. The van der Waals surface area contributed by atoms with Crippen LogP contribution in [0.15, 0.2) is 42.5 Å². The van der Waals surface area contributed by atoms with E-state index in [1.54, 1.807) is 0 Å². The summed E-state index contributed by atoms with van der Waals surface area (Å²) in [5.41, 5.74) is 1.07. The van der Waals surface area contributed by atoms with E-state index in [9.17, 15) is 4.79 Å². The summed E-state index contributed by atoms with van der Waals surface area (Å²) in [6, 6.07) is 15.1. The van der Waals surface area contributed by atoms with Gasteiger partial charge in [0.15, 0.2) is 0 Å². The van der Waals surface area contributed by atoms with E-state index in [0.717, 1.165) is 18.5 Å². The van der Waals surface area contributed by atoms with Crippen molar-refractivity contribution in [3.63, 3.8) is 0 Å². The SMILES string of the molecule is CC1CCNC(C)C1NC(=O)Cc1ccc2ccccc2c1.Cl. The van der Waals surface area contributed by atoms with Crippen LogP contribution in [-0.4, -0.2) is 24.5 Å². The highest BCUT2D eigenvalue weighted by atomic mass is 35.5. The predicted octanol–water partition coefficient (Wildman–Crippen LogP) is 3.31. The number of fused-ring (bicyclic) bond motifs is 1. The Kier molecular flexibility index (Phi) is 6.03. The monoisotopic (exact) mass is 332 g/mol. The zero-order chi connectivity index (χ0) is 15.5. The van der Waals surface area contributed by atoms with Crippen molar-refractivity contribution in [1.82, 2.24) is 10.6 Å². The highest BCUT2D eigenvalue weighted by Crippen LogP contribution is 2.18. The Labute approximate surface area is 144 Å². The lowest BCUT2D eigenvalue weighted by atomic mass is 9.89. The van der Waals surface area contributed by atoms with E-state index in [1.807, 2.05) is 18.2 Å². The van der Waals surface area contributed by atoms with E-state index >= 15 is 0 Å². The minimum Gasteiger partial charge on any atom is -0.351 e. The van der Waals surface area contributed by atoms with Gasteiger partial charge in [-0.25, -0.2) is 0 Å². The summed E-state index contributed by atoms with van der Waals surface area (Å²) in [7, 11) is 0. The molecule has 2 aromatic carbocycles. The maximum absolute atomic E-state index is 12.4. The molecular weight excluding hydrogens is 308 g/mol. The molecule has 1 fully saturated rings. The lowest BCUT2D eigenvalue weighted by molar-refractivity contribution is -0.121. The van der Waals surface area contributed by atoms with Crippen LogP contribution in [0.4, 0.5) is 0 Å². The van der Waals surface area contributed by atoms with Gasteiger partial charge in [-0.15, -0.1) is 12.4 Å². The molecule has 23 heavy (non-hydrogen) atoms. The lowest BCUT2D eigenvalue weighted by Crippen LogP contribution is -2.56. The minimum atomic E-state index is 0. The Hall–Kier alpha value is -1.58. The van der Waals surface area contributed by atoms with Crippen molar-refractivity contribution >= 4 is 29.1 Å².